The van der Waals surface area contributed by atoms with Gasteiger partial charge in [-0.1, -0.05) is 0 Å². The molecule has 1 amide bonds. The van der Waals surface area contributed by atoms with Crippen molar-refractivity contribution in [2.45, 2.75) is 32.9 Å². The SMILES string of the molecule is Cc1cc(N(C)C)cc(C2CN(C(=O)c3ccnn3C(C)C)CCO2)n1. The highest BCUT2D eigenvalue weighted by atomic mass is 16.5. The zero-order valence-corrected chi connectivity index (χ0v) is 16.1. The molecule has 1 unspecified atom stereocenters. The number of carbonyl (C=O) groups excluding carboxylic acids is 1. The Balaban J connectivity index is 1.81. The second kappa shape index (κ2) is 7.45. The normalized spacial score (nSPS) is 17.6. The number of aryl methyl sites for hydroxylation is 1. The molecule has 1 saturated heterocycles. The number of rotatable bonds is 4. The van der Waals surface area contributed by atoms with Crippen molar-refractivity contribution in [2.24, 2.45) is 0 Å². The quantitative estimate of drug-likeness (QED) is 0.841. The first-order valence-corrected chi connectivity index (χ1v) is 8.97. The Kier molecular flexibility index (Phi) is 5.27. The molecule has 0 aromatic carbocycles. The smallest absolute Gasteiger partial charge is 0.272 e. The van der Waals surface area contributed by atoms with Crippen LogP contribution in [0.25, 0.3) is 0 Å². The Morgan fingerprint density at radius 1 is 1.35 bits per heavy atom. The number of carbonyl (C=O) groups is 1. The first kappa shape index (κ1) is 18.4. The number of morpholine rings is 1. The third-order valence-corrected chi connectivity index (χ3v) is 4.54. The summed E-state index contributed by atoms with van der Waals surface area (Å²) in [5.41, 5.74) is 3.50. The second-order valence-electron chi connectivity index (χ2n) is 7.15. The molecule has 0 radical (unpaired) electrons. The molecular formula is C19H27N5O2. The Morgan fingerprint density at radius 3 is 2.81 bits per heavy atom. The largest absolute Gasteiger partial charge is 0.378 e. The van der Waals surface area contributed by atoms with Crippen LogP contribution >= 0.6 is 0 Å². The molecule has 7 heteroatoms. The van der Waals surface area contributed by atoms with Crippen LogP contribution in [0, 0.1) is 6.92 Å². The summed E-state index contributed by atoms with van der Waals surface area (Å²) in [5.74, 6) is -0.00927. The Bertz CT molecular complexity index is 784. The van der Waals surface area contributed by atoms with Crippen LogP contribution in [0.3, 0.4) is 0 Å². The second-order valence-corrected chi connectivity index (χ2v) is 7.15. The Hall–Kier alpha value is -2.41. The topological polar surface area (TPSA) is 63.5 Å². The summed E-state index contributed by atoms with van der Waals surface area (Å²) in [5, 5.41) is 4.27. The average molecular weight is 357 g/mol. The summed E-state index contributed by atoms with van der Waals surface area (Å²) >= 11 is 0. The molecule has 1 fully saturated rings. The average Bonchev–Trinajstić information content (AvgIpc) is 3.10. The van der Waals surface area contributed by atoms with E-state index < -0.39 is 0 Å². The van der Waals surface area contributed by atoms with Gasteiger partial charge in [-0.15, -0.1) is 0 Å². The number of ether oxygens (including phenoxy) is 1. The van der Waals surface area contributed by atoms with E-state index in [0.717, 1.165) is 17.1 Å². The van der Waals surface area contributed by atoms with Crippen LogP contribution in [-0.2, 0) is 4.74 Å². The molecule has 140 valence electrons. The molecule has 26 heavy (non-hydrogen) atoms. The van der Waals surface area contributed by atoms with Gasteiger partial charge in [0.25, 0.3) is 5.91 Å². The number of anilines is 1. The van der Waals surface area contributed by atoms with Crippen LogP contribution in [0.1, 0.15) is 47.9 Å². The number of hydrogen-bond acceptors (Lipinski definition) is 5. The Labute approximate surface area is 154 Å². The van der Waals surface area contributed by atoms with Crippen molar-refractivity contribution in [1.82, 2.24) is 19.7 Å². The van der Waals surface area contributed by atoms with Gasteiger partial charge in [-0.2, -0.15) is 5.10 Å². The molecule has 0 aliphatic carbocycles. The standard InChI is InChI=1S/C19H27N5O2/c1-13(2)24-17(6-7-20-24)19(25)23-8-9-26-18(12-23)16-11-15(22(4)5)10-14(3)21-16/h6-7,10-11,13,18H,8-9,12H2,1-5H3. The molecule has 1 aliphatic heterocycles. The van der Waals surface area contributed by atoms with Crippen LogP contribution < -0.4 is 4.90 Å². The summed E-state index contributed by atoms with van der Waals surface area (Å²) in [4.78, 5) is 21.5. The molecule has 0 N–H and O–H groups in total. The number of pyridine rings is 1. The van der Waals surface area contributed by atoms with Crippen molar-refractivity contribution in [3.8, 4) is 0 Å². The molecule has 3 rings (SSSR count). The molecule has 2 aromatic rings. The fraction of sp³-hybridized carbons (Fsp3) is 0.526. The lowest BCUT2D eigenvalue weighted by Gasteiger charge is -2.33. The van der Waals surface area contributed by atoms with Gasteiger partial charge in [-0.3, -0.25) is 14.5 Å². The van der Waals surface area contributed by atoms with Gasteiger partial charge in [-0.25, -0.2) is 0 Å². The maximum absolute atomic E-state index is 13.0. The van der Waals surface area contributed by atoms with E-state index in [0.29, 0.717) is 25.4 Å². The summed E-state index contributed by atoms with van der Waals surface area (Å²) in [7, 11) is 4.01. The van der Waals surface area contributed by atoms with Crippen molar-refractivity contribution < 1.29 is 9.53 Å². The lowest BCUT2D eigenvalue weighted by molar-refractivity contribution is -0.0251. The van der Waals surface area contributed by atoms with Crippen LogP contribution in [0.4, 0.5) is 5.69 Å². The molecule has 2 aromatic heterocycles. The van der Waals surface area contributed by atoms with Crippen LogP contribution in [-0.4, -0.2) is 59.4 Å². The molecule has 1 aliphatic rings. The van der Waals surface area contributed by atoms with Crippen molar-refractivity contribution in [3.05, 3.63) is 41.5 Å². The van der Waals surface area contributed by atoms with Crippen LogP contribution in [0.5, 0.6) is 0 Å². The van der Waals surface area contributed by atoms with Crippen molar-refractivity contribution in [3.63, 3.8) is 0 Å². The third-order valence-electron chi connectivity index (χ3n) is 4.54. The van der Waals surface area contributed by atoms with E-state index in [1.165, 1.54) is 0 Å². The predicted octanol–water partition coefficient (Wildman–Crippen LogP) is 2.45. The summed E-state index contributed by atoms with van der Waals surface area (Å²) in [6.45, 7) is 7.58. The number of nitrogens with zero attached hydrogens (tertiary/aromatic N) is 5. The lowest BCUT2D eigenvalue weighted by atomic mass is 10.1. The molecule has 1 atom stereocenters. The minimum Gasteiger partial charge on any atom is -0.378 e. The maximum Gasteiger partial charge on any atom is 0.272 e. The highest BCUT2D eigenvalue weighted by Gasteiger charge is 2.29. The van der Waals surface area contributed by atoms with E-state index in [9.17, 15) is 4.79 Å². The maximum atomic E-state index is 13.0. The van der Waals surface area contributed by atoms with E-state index in [1.807, 2.05) is 56.8 Å². The minimum absolute atomic E-state index is 0.00927. The molecule has 0 saturated carbocycles. The number of hydrogen-bond donors (Lipinski definition) is 0. The summed E-state index contributed by atoms with van der Waals surface area (Å²) < 4.78 is 7.70. The summed E-state index contributed by atoms with van der Waals surface area (Å²) in [6, 6.07) is 5.99. The Morgan fingerprint density at radius 2 is 2.12 bits per heavy atom. The van der Waals surface area contributed by atoms with Crippen LogP contribution in [0.15, 0.2) is 24.4 Å². The van der Waals surface area contributed by atoms with Crippen molar-refractivity contribution in [1.29, 1.82) is 0 Å². The molecule has 7 nitrogen and oxygen atoms in total. The monoisotopic (exact) mass is 357 g/mol. The first-order valence-electron chi connectivity index (χ1n) is 8.97. The van der Waals surface area contributed by atoms with E-state index in [1.54, 1.807) is 16.9 Å². The minimum atomic E-state index is -0.221. The highest BCUT2D eigenvalue weighted by molar-refractivity contribution is 5.92. The molecule has 0 bridgehead atoms. The van der Waals surface area contributed by atoms with Gasteiger partial charge in [-0.05, 0) is 39.0 Å². The number of amides is 1. The number of aromatic nitrogens is 3. The fourth-order valence-corrected chi connectivity index (χ4v) is 3.17. The first-order chi connectivity index (χ1) is 12.4. The third kappa shape index (κ3) is 3.72. The summed E-state index contributed by atoms with van der Waals surface area (Å²) in [6.07, 6.45) is 1.46. The van der Waals surface area contributed by atoms with E-state index in [4.69, 9.17) is 4.74 Å². The van der Waals surface area contributed by atoms with E-state index in [2.05, 4.69) is 10.1 Å². The zero-order valence-electron chi connectivity index (χ0n) is 16.1. The van der Waals surface area contributed by atoms with Gasteiger partial charge in [0.1, 0.15) is 11.8 Å². The van der Waals surface area contributed by atoms with Gasteiger partial charge in [0.2, 0.25) is 0 Å². The van der Waals surface area contributed by atoms with Crippen molar-refractivity contribution >= 4 is 11.6 Å². The van der Waals surface area contributed by atoms with E-state index >= 15 is 0 Å². The van der Waals surface area contributed by atoms with Gasteiger partial charge < -0.3 is 14.5 Å². The highest BCUT2D eigenvalue weighted by Crippen LogP contribution is 2.26. The van der Waals surface area contributed by atoms with Crippen molar-refractivity contribution in [2.75, 3.05) is 38.7 Å². The van der Waals surface area contributed by atoms with Gasteiger partial charge in [0, 0.05) is 44.3 Å². The molecule has 0 spiro atoms. The van der Waals surface area contributed by atoms with Gasteiger partial charge >= 0.3 is 0 Å². The van der Waals surface area contributed by atoms with Crippen LogP contribution in [0.2, 0.25) is 0 Å². The zero-order chi connectivity index (χ0) is 18.8. The van der Waals surface area contributed by atoms with E-state index in [-0.39, 0.29) is 18.1 Å². The fourth-order valence-electron chi connectivity index (χ4n) is 3.17. The lowest BCUT2D eigenvalue weighted by Crippen LogP contribution is -2.43. The molecular weight excluding hydrogens is 330 g/mol. The van der Waals surface area contributed by atoms with Gasteiger partial charge in [0.15, 0.2) is 0 Å². The molecule has 3 heterocycles. The predicted molar refractivity (Wildman–Crippen MR) is 101 cm³/mol. The van der Waals surface area contributed by atoms with Gasteiger partial charge in [0.05, 0.1) is 18.8 Å².